The highest BCUT2D eigenvalue weighted by atomic mass is 19.3. The van der Waals surface area contributed by atoms with Crippen molar-refractivity contribution < 1.29 is 22.3 Å². The summed E-state index contributed by atoms with van der Waals surface area (Å²) >= 11 is 0. The summed E-state index contributed by atoms with van der Waals surface area (Å²) in [5.74, 6) is -0.230. The van der Waals surface area contributed by atoms with Gasteiger partial charge in [0.15, 0.2) is 0 Å². The topological polar surface area (TPSA) is 35.2 Å². The molecule has 6 heteroatoms. The maximum Gasteiger partial charge on any atom is 0.461 e. The Kier molecular flexibility index (Phi) is 4.74. The molecule has 0 aromatic heterocycles. The SMILES string of the molecule is NCCCc1ccccc1OC(F)(F)C(F)F. The van der Waals surface area contributed by atoms with E-state index in [9.17, 15) is 17.6 Å². The molecule has 0 radical (unpaired) electrons. The van der Waals surface area contributed by atoms with Crippen LogP contribution in [-0.4, -0.2) is 19.1 Å². The highest BCUT2D eigenvalue weighted by molar-refractivity contribution is 5.33. The van der Waals surface area contributed by atoms with Crippen molar-refractivity contribution in [2.45, 2.75) is 25.4 Å². The van der Waals surface area contributed by atoms with Crippen LogP contribution < -0.4 is 10.5 Å². The number of aryl methyl sites for hydroxylation is 1. The standard InChI is InChI=1S/C11H13F4NO/c12-10(13)11(14,15)17-9-6-2-1-4-8(9)5-3-7-16/h1-2,4,6,10H,3,5,7,16H2. The number of alkyl halides is 4. The number of rotatable bonds is 6. The summed E-state index contributed by atoms with van der Waals surface area (Å²) in [5, 5.41) is 0. The Labute approximate surface area is 96.4 Å². The average Bonchev–Trinajstić information content (AvgIpc) is 2.27. The van der Waals surface area contributed by atoms with Crippen molar-refractivity contribution in [3.8, 4) is 5.75 Å². The second-order valence-electron chi connectivity index (χ2n) is 3.46. The van der Waals surface area contributed by atoms with E-state index in [0.717, 1.165) is 0 Å². The van der Waals surface area contributed by atoms with Crippen LogP contribution in [0, 0.1) is 0 Å². The van der Waals surface area contributed by atoms with Crippen molar-refractivity contribution in [1.29, 1.82) is 0 Å². The molecule has 0 saturated heterocycles. The molecule has 17 heavy (non-hydrogen) atoms. The Hall–Kier alpha value is -1.30. The van der Waals surface area contributed by atoms with Crippen LogP contribution in [0.3, 0.4) is 0 Å². The summed E-state index contributed by atoms with van der Waals surface area (Å²) in [5.41, 5.74) is 5.74. The zero-order valence-electron chi connectivity index (χ0n) is 9.01. The number of hydrogen-bond donors (Lipinski definition) is 1. The summed E-state index contributed by atoms with van der Waals surface area (Å²) in [6.45, 7) is 0.388. The predicted molar refractivity (Wildman–Crippen MR) is 55.4 cm³/mol. The van der Waals surface area contributed by atoms with Crippen molar-refractivity contribution >= 4 is 0 Å². The molecule has 0 unspecified atom stereocenters. The number of para-hydroxylation sites is 1. The molecule has 2 N–H and O–H groups in total. The quantitative estimate of drug-likeness (QED) is 0.789. The first-order valence-electron chi connectivity index (χ1n) is 5.10. The summed E-state index contributed by atoms with van der Waals surface area (Å²) in [6.07, 6.45) is -7.35. The van der Waals surface area contributed by atoms with E-state index in [0.29, 0.717) is 24.9 Å². The van der Waals surface area contributed by atoms with Crippen LogP contribution in [-0.2, 0) is 6.42 Å². The van der Waals surface area contributed by atoms with Gasteiger partial charge in [0.2, 0.25) is 0 Å². The maximum atomic E-state index is 12.7. The number of halogens is 4. The summed E-state index contributed by atoms with van der Waals surface area (Å²) in [7, 11) is 0. The van der Waals surface area contributed by atoms with E-state index in [1.54, 1.807) is 12.1 Å². The van der Waals surface area contributed by atoms with Crippen molar-refractivity contribution in [1.82, 2.24) is 0 Å². The Bertz CT molecular complexity index is 357. The fraction of sp³-hybridized carbons (Fsp3) is 0.455. The van der Waals surface area contributed by atoms with E-state index in [1.165, 1.54) is 12.1 Å². The number of nitrogens with two attached hydrogens (primary N) is 1. The highest BCUT2D eigenvalue weighted by Gasteiger charge is 2.44. The monoisotopic (exact) mass is 251 g/mol. The molecule has 0 amide bonds. The fourth-order valence-corrected chi connectivity index (χ4v) is 1.29. The van der Waals surface area contributed by atoms with E-state index in [2.05, 4.69) is 4.74 Å². The van der Waals surface area contributed by atoms with Gasteiger partial charge in [-0.2, -0.15) is 17.6 Å². The number of benzene rings is 1. The molecule has 0 aliphatic heterocycles. The Morgan fingerprint density at radius 1 is 1.24 bits per heavy atom. The lowest BCUT2D eigenvalue weighted by Crippen LogP contribution is -2.33. The summed E-state index contributed by atoms with van der Waals surface area (Å²) < 4.78 is 53.5. The van der Waals surface area contributed by atoms with Crippen LogP contribution >= 0.6 is 0 Å². The lowest BCUT2D eigenvalue weighted by molar-refractivity contribution is -0.253. The normalized spacial score (nSPS) is 11.9. The molecule has 96 valence electrons. The zero-order valence-corrected chi connectivity index (χ0v) is 9.01. The Morgan fingerprint density at radius 3 is 2.47 bits per heavy atom. The fourth-order valence-electron chi connectivity index (χ4n) is 1.29. The first-order chi connectivity index (χ1) is 7.97. The van der Waals surface area contributed by atoms with E-state index >= 15 is 0 Å². The maximum absolute atomic E-state index is 12.7. The molecule has 0 spiro atoms. The third-order valence-electron chi connectivity index (χ3n) is 2.12. The van der Waals surface area contributed by atoms with Crippen molar-refractivity contribution in [2.24, 2.45) is 5.73 Å². The minimum absolute atomic E-state index is 0.230. The minimum Gasteiger partial charge on any atom is -0.428 e. The predicted octanol–water partition coefficient (Wildman–Crippen LogP) is 2.81. The molecular weight excluding hydrogens is 238 g/mol. The van der Waals surface area contributed by atoms with Crippen LogP contribution in [0.4, 0.5) is 17.6 Å². The largest absolute Gasteiger partial charge is 0.461 e. The van der Waals surface area contributed by atoms with E-state index < -0.39 is 12.5 Å². The second kappa shape index (κ2) is 5.86. The molecule has 1 rings (SSSR count). The van der Waals surface area contributed by atoms with Crippen LogP contribution in [0.2, 0.25) is 0 Å². The van der Waals surface area contributed by atoms with Gasteiger partial charge in [-0.25, -0.2) is 0 Å². The van der Waals surface area contributed by atoms with Crippen LogP contribution in [0.25, 0.3) is 0 Å². The van der Waals surface area contributed by atoms with Gasteiger partial charge in [-0.3, -0.25) is 0 Å². The first kappa shape index (κ1) is 13.8. The van der Waals surface area contributed by atoms with Gasteiger partial charge < -0.3 is 10.5 Å². The van der Waals surface area contributed by atoms with Crippen LogP contribution in [0.5, 0.6) is 5.75 Å². The molecule has 0 fully saturated rings. The number of hydrogen-bond acceptors (Lipinski definition) is 2. The molecule has 2 nitrogen and oxygen atoms in total. The zero-order chi connectivity index (χ0) is 12.9. The average molecular weight is 251 g/mol. The van der Waals surface area contributed by atoms with Gasteiger partial charge in [0.25, 0.3) is 0 Å². The van der Waals surface area contributed by atoms with Gasteiger partial charge in [-0.05, 0) is 31.0 Å². The van der Waals surface area contributed by atoms with Crippen LogP contribution in [0.1, 0.15) is 12.0 Å². The smallest absolute Gasteiger partial charge is 0.428 e. The first-order valence-corrected chi connectivity index (χ1v) is 5.10. The lowest BCUT2D eigenvalue weighted by Gasteiger charge is -2.18. The molecule has 0 aliphatic rings. The Morgan fingerprint density at radius 2 is 1.88 bits per heavy atom. The molecule has 0 heterocycles. The molecule has 1 aromatic rings. The van der Waals surface area contributed by atoms with E-state index in [-0.39, 0.29) is 5.75 Å². The molecule has 0 atom stereocenters. The molecule has 0 bridgehead atoms. The molecule has 0 aliphatic carbocycles. The molecule has 1 aromatic carbocycles. The minimum atomic E-state index is -4.47. The van der Waals surface area contributed by atoms with Gasteiger partial charge in [0.1, 0.15) is 5.75 Å². The molecular formula is C11H13F4NO. The molecule has 0 saturated carbocycles. The van der Waals surface area contributed by atoms with Gasteiger partial charge in [-0.1, -0.05) is 18.2 Å². The highest BCUT2D eigenvalue weighted by Crippen LogP contribution is 2.30. The van der Waals surface area contributed by atoms with Crippen LogP contribution in [0.15, 0.2) is 24.3 Å². The third-order valence-corrected chi connectivity index (χ3v) is 2.12. The van der Waals surface area contributed by atoms with Crippen molar-refractivity contribution in [2.75, 3.05) is 6.54 Å². The second-order valence-corrected chi connectivity index (χ2v) is 3.46. The Balaban J connectivity index is 2.83. The van der Waals surface area contributed by atoms with Gasteiger partial charge >= 0.3 is 12.5 Å². The third kappa shape index (κ3) is 3.89. The van der Waals surface area contributed by atoms with Crippen molar-refractivity contribution in [3.63, 3.8) is 0 Å². The van der Waals surface area contributed by atoms with Crippen molar-refractivity contribution in [3.05, 3.63) is 29.8 Å². The summed E-state index contributed by atoms with van der Waals surface area (Å²) in [6, 6.07) is 5.86. The van der Waals surface area contributed by atoms with Gasteiger partial charge in [0, 0.05) is 0 Å². The van der Waals surface area contributed by atoms with Gasteiger partial charge in [0.05, 0.1) is 0 Å². The lowest BCUT2D eigenvalue weighted by atomic mass is 10.1. The van der Waals surface area contributed by atoms with E-state index in [4.69, 9.17) is 5.73 Å². The van der Waals surface area contributed by atoms with E-state index in [1.807, 2.05) is 0 Å². The van der Waals surface area contributed by atoms with Gasteiger partial charge in [-0.15, -0.1) is 0 Å². The summed E-state index contributed by atoms with van der Waals surface area (Å²) in [4.78, 5) is 0. The number of ether oxygens (including phenoxy) is 1.